The molecule has 0 amide bonds. The van der Waals surface area contributed by atoms with E-state index in [2.05, 4.69) is 16.9 Å². The number of rotatable bonds is 7. The first-order valence-electron chi connectivity index (χ1n) is 7.24. The molecule has 0 spiro atoms. The standard InChI is InChI=1S/C17H21NO2S2/c1-14-9-10-15(2)17(13-14)22(19,20)18-11-6-12-21-16-7-4-3-5-8-16/h3-5,7-10,13,18H,6,11-12H2,1-2H3. The van der Waals surface area contributed by atoms with E-state index < -0.39 is 10.0 Å². The maximum absolute atomic E-state index is 12.3. The Kier molecular flexibility index (Phi) is 6.06. The van der Waals surface area contributed by atoms with Gasteiger partial charge in [-0.15, -0.1) is 11.8 Å². The molecule has 0 aliphatic heterocycles. The normalized spacial score (nSPS) is 11.5. The van der Waals surface area contributed by atoms with Gasteiger partial charge in [0, 0.05) is 11.4 Å². The number of benzene rings is 2. The van der Waals surface area contributed by atoms with E-state index in [1.165, 1.54) is 4.90 Å². The average molecular weight is 335 g/mol. The van der Waals surface area contributed by atoms with Gasteiger partial charge in [0.25, 0.3) is 0 Å². The first-order chi connectivity index (χ1) is 10.5. The highest BCUT2D eigenvalue weighted by atomic mass is 32.2. The van der Waals surface area contributed by atoms with Crippen molar-refractivity contribution in [3.8, 4) is 0 Å². The number of thioether (sulfide) groups is 1. The third-order valence-corrected chi connectivity index (χ3v) is 5.96. The van der Waals surface area contributed by atoms with Crippen molar-refractivity contribution in [3.63, 3.8) is 0 Å². The van der Waals surface area contributed by atoms with Crippen molar-refractivity contribution in [3.05, 3.63) is 59.7 Å². The Morgan fingerprint density at radius 1 is 1.05 bits per heavy atom. The topological polar surface area (TPSA) is 46.2 Å². The molecule has 0 aliphatic rings. The molecule has 0 atom stereocenters. The van der Waals surface area contributed by atoms with E-state index in [9.17, 15) is 8.42 Å². The number of nitrogens with one attached hydrogen (secondary N) is 1. The maximum atomic E-state index is 12.3. The lowest BCUT2D eigenvalue weighted by Gasteiger charge is -2.10. The van der Waals surface area contributed by atoms with Gasteiger partial charge in [0.15, 0.2) is 0 Å². The van der Waals surface area contributed by atoms with Gasteiger partial charge in [-0.1, -0.05) is 30.3 Å². The van der Waals surface area contributed by atoms with E-state index in [0.717, 1.165) is 23.3 Å². The SMILES string of the molecule is Cc1ccc(C)c(S(=O)(=O)NCCCSc2ccccc2)c1. The zero-order chi connectivity index (χ0) is 16.0. The molecule has 22 heavy (non-hydrogen) atoms. The van der Waals surface area contributed by atoms with Crippen LogP contribution in [-0.4, -0.2) is 20.7 Å². The second-order valence-corrected chi connectivity index (χ2v) is 8.09. The van der Waals surface area contributed by atoms with Gasteiger partial charge in [-0.2, -0.15) is 0 Å². The summed E-state index contributed by atoms with van der Waals surface area (Å²) in [4.78, 5) is 1.59. The second-order valence-electron chi connectivity index (χ2n) is 5.18. The fraction of sp³-hybridized carbons (Fsp3) is 0.294. The minimum Gasteiger partial charge on any atom is -0.211 e. The molecule has 5 heteroatoms. The van der Waals surface area contributed by atoms with Crippen LogP contribution in [0.3, 0.4) is 0 Å². The molecule has 0 heterocycles. The highest BCUT2D eigenvalue weighted by Gasteiger charge is 2.15. The third-order valence-electron chi connectivity index (χ3n) is 3.26. The molecular weight excluding hydrogens is 314 g/mol. The summed E-state index contributed by atoms with van der Waals surface area (Å²) in [5.74, 6) is 0.888. The molecule has 0 fully saturated rings. The van der Waals surface area contributed by atoms with Crippen LogP contribution in [0.4, 0.5) is 0 Å². The van der Waals surface area contributed by atoms with Crippen LogP contribution in [0, 0.1) is 13.8 Å². The summed E-state index contributed by atoms with van der Waals surface area (Å²) >= 11 is 1.74. The average Bonchev–Trinajstić information content (AvgIpc) is 2.50. The van der Waals surface area contributed by atoms with Crippen molar-refractivity contribution in [2.75, 3.05) is 12.3 Å². The highest BCUT2D eigenvalue weighted by molar-refractivity contribution is 7.99. The summed E-state index contributed by atoms with van der Waals surface area (Å²) in [6.45, 7) is 4.17. The maximum Gasteiger partial charge on any atom is 0.240 e. The molecule has 0 unspecified atom stereocenters. The van der Waals surface area contributed by atoms with E-state index in [4.69, 9.17) is 0 Å². The highest BCUT2D eigenvalue weighted by Crippen LogP contribution is 2.18. The Balaban J connectivity index is 1.84. The van der Waals surface area contributed by atoms with Gasteiger partial charge in [-0.25, -0.2) is 13.1 Å². The third kappa shape index (κ3) is 4.87. The van der Waals surface area contributed by atoms with Gasteiger partial charge in [-0.05, 0) is 55.3 Å². The fourth-order valence-electron chi connectivity index (χ4n) is 2.06. The van der Waals surface area contributed by atoms with Gasteiger partial charge in [0.1, 0.15) is 0 Å². The molecule has 2 rings (SSSR count). The van der Waals surface area contributed by atoms with Crippen molar-refractivity contribution in [1.29, 1.82) is 0 Å². The molecule has 2 aromatic rings. The van der Waals surface area contributed by atoms with Crippen molar-refractivity contribution >= 4 is 21.8 Å². The Bertz CT molecular complexity index is 713. The second kappa shape index (κ2) is 7.81. The number of hydrogen-bond donors (Lipinski definition) is 1. The van der Waals surface area contributed by atoms with E-state index in [1.807, 2.05) is 44.2 Å². The molecule has 0 saturated carbocycles. The molecular formula is C17H21NO2S2. The van der Waals surface area contributed by atoms with Crippen molar-refractivity contribution in [1.82, 2.24) is 4.72 Å². The quantitative estimate of drug-likeness (QED) is 0.619. The van der Waals surface area contributed by atoms with Crippen LogP contribution in [0.15, 0.2) is 58.3 Å². The van der Waals surface area contributed by atoms with E-state index in [-0.39, 0.29) is 0 Å². The van der Waals surface area contributed by atoms with Crippen molar-refractivity contribution in [2.45, 2.75) is 30.1 Å². The molecule has 0 aliphatic carbocycles. The van der Waals surface area contributed by atoms with Crippen LogP contribution < -0.4 is 4.72 Å². The first kappa shape index (κ1) is 17.1. The van der Waals surface area contributed by atoms with Crippen LogP contribution in [0.25, 0.3) is 0 Å². The Morgan fingerprint density at radius 2 is 1.77 bits per heavy atom. The molecule has 0 bridgehead atoms. The molecule has 118 valence electrons. The summed E-state index contributed by atoms with van der Waals surface area (Å²) in [7, 11) is -3.42. The summed E-state index contributed by atoms with van der Waals surface area (Å²) in [6, 6.07) is 15.6. The fourth-order valence-corrected chi connectivity index (χ4v) is 4.34. The summed E-state index contributed by atoms with van der Waals surface area (Å²) < 4.78 is 27.3. The van der Waals surface area contributed by atoms with Crippen LogP contribution >= 0.6 is 11.8 Å². The molecule has 1 N–H and O–H groups in total. The monoisotopic (exact) mass is 335 g/mol. The first-order valence-corrected chi connectivity index (χ1v) is 9.71. The van der Waals surface area contributed by atoms with Crippen LogP contribution in [0.1, 0.15) is 17.5 Å². The van der Waals surface area contributed by atoms with Gasteiger partial charge in [-0.3, -0.25) is 0 Å². The van der Waals surface area contributed by atoms with Crippen LogP contribution in [0.2, 0.25) is 0 Å². The van der Waals surface area contributed by atoms with Crippen molar-refractivity contribution in [2.24, 2.45) is 0 Å². The smallest absolute Gasteiger partial charge is 0.211 e. The zero-order valence-corrected chi connectivity index (χ0v) is 14.5. The van der Waals surface area contributed by atoms with Gasteiger partial charge >= 0.3 is 0 Å². The van der Waals surface area contributed by atoms with E-state index in [0.29, 0.717) is 11.4 Å². The Labute approximate surface area is 137 Å². The summed E-state index contributed by atoms with van der Waals surface area (Å²) in [6.07, 6.45) is 0.795. The largest absolute Gasteiger partial charge is 0.240 e. The molecule has 3 nitrogen and oxygen atoms in total. The van der Waals surface area contributed by atoms with E-state index in [1.54, 1.807) is 17.8 Å². The van der Waals surface area contributed by atoms with Gasteiger partial charge in [0.2, 0.25) is 10.0 Å². The van der Waals surface area contributed by atoms with Crippen molar-refractivity contribution < 1.29 is 8.42 Å². The minimum atomic E-state index is -3.42. The molecule has 0 radical (unpaired) electrons. The minimum absolute atomic E-state index is 0.378. The molecule has 0 saturated heterocycles. The predicted octanol–water partition coefficient (Wildman–Crippen LogP) is 3.76. The van der Waals surface area contributed by atoms with E-state index >= 15 is 0 Å². The predicted molar refractivity (Wildman–Crippen MR) is 92.9 cm³/mol. The summed E-state index contributed by atoms with van der Waals surface area (Å²) in [5.41, 5.74) is 1.72. The molecule has 2 aromatic carbocycles. The lowest BCUT2D eigenvalue weighted by Crippen LogP contribution is -2.25. The molecule has 0 aromatic heterocycles. The van der Waals surface area contributed by atoms with Gasteiger partial charge in [0.05, 0.1) is 4.90 Å². The number of hydrogen-bond acceptors (Lipinski definition) is 3. The lowest BCUT2D eigenvalue weighted by molar-refractivity contribution is 0.580. The number of aryl methyl sites for hydroxylation is 2. The Morgan fingerprint density at radius 3 is 2.50 bits per heavy atom. The Hall–Kier alpha value is -1.30. The summed E-state index contributed by atoms with van der Waals surface area (Å²) in [5, 5.41) is 0. The van der Waals surface area contributed by atoms with Gasteiger partial charge < -0.3 is 0 Å². The lowest BCUT2D eigenvalue weighted by atomic mass is 10.2. The number of sulfonamides is 1. The van der Waals surface area contributed by atoms with Crippen LogP contribution in [0.5, 0.6) is 0 Å². The van der Waals surface area contributed by atoms with Crippen LogP contribution in [-0.2, 0) is 10.0 Å². The zero-order valence-electron chi connectivity index (χ0n) is 12.9.